The van der Waals surface area contributed by atoms with Gasteiger partial charge in [-0.15, -0.1) is 0 Å². The minimum atomic E-state index is -0.901. The van der Waals surface area contributed by atoms with Crippen molar-refractivity contribution in [3.05, 3.63) is 71.8 Å². The van der Waals surface area contributed by atoms with Crippen LogP contribution in [0.2, 0.25) is 0 Å². The van der Waals surface area contributed by atoms with Crippen molar-refractivity contribution in [1.29, 1.82) is 0 Å². The molecule has 222 valence electrons. The van der Waals surface area contributed by atoms with E-state index in [0.29, 0.717) is 59.1 Å². The van der Waals surface area contributed by atoms with Gasteiger partial charge in [-0.25, -0.2) is 0 Å². The SMILES string of the molecule is CC(C)(CCC=Cc1cc(O)cc(-c2ccccc2-c2cc(O)cc(C=CCCC(C)(C)C(=O)O)c2O)c1O)C(=O)O. The van der Waals surface area contributed by atoms with E-state index in [1.165, 1.54) is 24.3 Å². The summed E-state index contributed by atoms with van der Waals surface area (Å²) in [5, 5.41) is 62.0. The van der Waals surface area contributed by atoms with Gasteiger partial charge in [0.25, 0.3) is 0 Å². The molecule has 3 aromatic rings. The number of allylic oxidation sites excluding steroid dienone is 2. The quantitative estimate of drug-likeness (QED) is 0.120. The highest BCUT2D eigenvalue weighted by Gasteiger charge is 2.26. The molecular weight excluding hydrogens is 536 g/mol. The number of aromatic hydroxyl groups is 4. The van der Waals surface area contributed by atoms with Gasteiger partial charge in [-0.1, -0.05) is 48.6 Å². The van der Waals surface area contributed by atoms with E-state index >= 15 is 0 Å². The maximum Gasteiger partial charge on any atom is 0.309 e. The minimum absolute atomic E-state index is 0.101. The zero-order valence-electron chi connectivity index (χ0n) is 24.3. The highest BCUT2D eigenvalue weighted by atomic mass is 16.4. The number of hydrogen-bond donors (Lipinski definition) is 6. The topological polar surface area (TPSA) is 156 Å². The molecule has 0 aliphatic rings. The summed E-state index contributed by atoms with van der Waals surface area (Å²) in [5.41, 5.74) is 0.447. The molecule has 6 N–H and O–H groups in total. The van der Waals surface area contributed by atoms with Crippen molar-refractivity contribution in [3.8, 4) is 45.3 Å². The van der Waals surface area contributed by atoms with Gasteiger partial charge in [-0.2, -0.15) is 0 Å². The molecule has 0 saturated carbocycles. The van der Waals surface area contributed by atoms with Crippen molar-refractivity contribution in [1.82, 2.24) is 0 Å². The van der Waals surface area contributed by atoms with E-state index in [1.807, 2.05) is 0 Å². The molecule has 0 heterocycles. The van der Waals surface area contributed by atoms with Crippen molar-refractivity contribution >= 4 is 24.1 Å². The van der Waals surface area contributed by atoms with Crippen LogP contribution in [-0.4, -0.2) is 42.6 Å². The molecule has 0 radical (unpaired) electrons. The summed E-state index contributed by atoms with van der Waals surface area (Å²) >= 11 is 0. The van der Waals surface area contributed by atoms with Gasteiger partial charge in [0.15, 0.2) is 0 Å². The number of phenols is 4. The molecule has 0 aliphatic carbocycles. The first-order valence-electron chi connectivity index (χ1n) is 13.7. The molecule has 0 aliphatic heterocycles. The Morgan fingerprint density at radius 1 is 0.619 bits per heavy atom. The molecule has 8 nitrogen and oxygen atoms in total. The van der Waals surface area contributed by atoms with Crippen molar-refractivity contribution in [2.45, 2.75) is 53.4 Å². The van der Waals surface area contributed by atoms with E-state index in [2.05, 4.69) is 0 Å². The van der Waals surface area contributed by atoms with E-state index < -0.39 is 22.8 Å². The van der Waals surface area contributed by atoms with E-state index in [0.717, 1.165) is 0 Å². The fourth-order valence-electron chi connectivity index (χ4n) is 4.42. The monoisotopic (exact) mass is 574 g/mol. The molecule has 3 rings (SSSR count). The van der Waals surface area contributed by atoms with Gasteiger partial charge < -0.3 is 30.6 Å². The lowest BCUT2D eigenvalue weighted by atomic mass is 9.87. The van der Waals surface area contributed by atoms with Crippen LogP contribution >= 0.6 is 0 Å². The first-order chi connectivity index (χ1) is 19.6. The summed E-state index contributed by atoms with van der Waals surface area (Å²) in [5.74, 6) is -2.23. The maximum absolute atomic E-state index is 11.4. The average Bonchev–Trinajstić information content (AvgIpc) is 2.92. The third-order valence-corrected chi connectivity index (χ3v) is 7.38. The molecule has 0 aromatic heterocycles. The Morgan fingerprint density at radius 2 is 0.976 bits per heavy atom. The van der Waals surface area contributed by atoms with Crippen LogP contribution in [0.4, 0.5) is 0 Å². The number of aliphatic carboxylic acids is 2. The summed E-state index contributed by atoms with van der Waals surface area (Å²) < 4.78 is 0. The number of hydrogen-bond acceptors (Lipinski definition) is 6. The number of benzene rings is 3. The molecule has 0 amide bonds. The Hall–Kier alpha value is -4.72. The Bertz CT molecular complexity index is 1410. The molecule has 0 bridgehead atoms. The Morgan fingerprint density at radius 3 is 1.31 bits per heavy atom. The van der Waals surface area contributed by atoms with Crippen LogP contribution in [0.3, 0.4) is 0 Å². The largest absolute Gasteiger partial charge is 0.508 e. The third kappa shape index (κ3) is 7.51. The summed E-state index contributed by atoms with van der Waals surface area (Å²) in [6.45, 7) is 6.56. The standard InChI is InChI=1S/C34H38O8/c1-33(2,31(39)40)15-9-7-11-21-17-23(35)19-27(29(21)37)25-13-5-6-14-26(25)28-20-24(36)18-22(30(28)38)12-8-10-16-34(3,4)32(41)42/h5-8,11-14,17-20,35-38H,9-10,15-16H2,1-4H3,(H,39,40)(H,41,42). The molecule has 0 fully saturated rings. The summed E-state index contributed by atoms with van der Waals surface area (Å²) in [6.07, 6.45) is 8.40. The van der Waals surface area contributed by atoms with Crippen molar-refractivity contribution in [2.24, 2.45) is 10.8 Å². The van der Waals surface area contributed by atoms with E-state index in [-0.39, 0.29) is 23.0 Å². The second-order valence-corrected chi connectivity index (χ2v) is 11.7. The lowest BCUT2D eigenvalue weighted by Crippen LogP contribution is -2.23. The molecule has 42 heavy (non-hydrogen) atoms. The van der Waals surface area contributed by atoms with Crippen LogP contribution in [0, 0.1) is 10.8 Å². The molecule has 3 aromatic carbocycles. The minimum Gasteiger partial charge on any atom is -0.508 e. The van der Waals surface area contributed by atoms with Gasteiger partial charge in [0, 0.05) is 22.3 Å². The van der Waals surface area contributed by atoms with Gasteiger partial charge in [-0.05, 0) is 88.8 Å². The summed E-state index contributed by atoms with van der Waals surface area (Å²) in [4.78, 5) is 22.7. The van der Waals surface area contributed by atoms with E-state index in [9.17, 15) is 40.2 Å². The van der Waals surface area contributed by atoms with Gasteiger partial charge in [0.2, 0.25) is 0 Å². The molecular formula is C34H38O8. The number of carbonyl (C=O) groups is 2. The van der Waals surface area contributed by atoms with E-state index in [1.54, 1.807) is 76.3 Å². The fourth-order valence-corrected chi connectivity index (χ4v) is 4.42. The van der Waals surface area contributed by atoms with Crippen LogP contribution in [0.1, 0.15) is 64.5 Å². The van der Waals surface area contributed by atoms with Gasteiger partial charge in [0.05, 0.1) is 10.8 Å². The van der Waals surface area contributed by atoms with Gasteiger partial charge in [-0.3, -0.25) is 9.59 Å². The van der Waals surface area contributed by atoms with Gasteiger partial charge in [0.1, 0.15) is 23.0 Å². The maximum atomic E-state index is 11.4. The fraction of sp³-hybridized carbons (Fsp3) is 0.294. The third-order valence-electron chi connectivity index (χ3n) is 7.38. The van der Waals surface area contributed by atoms with Crippen LogP contribution in [0.15, 0.2) is 60.7 Å². The predicted octanol–water partition coefficient (Wildman–Crippen LogP) is 7.65. The lowest BCUT2D eigenvalue weighted by Gasteiger charge is -2.17. The summed E-state index contributed by atoms with van der Waals surface area (Å²) in [6, 6.07) is 12.6. The molecule has 0 spiro atoms. The van der Waals surface area contributed by atoms with Crippen LogP contribution in [0.5, 0.6) is 23.0 Å². The lowest BCUT2D eigenvalue weighted by molar-refractivity contribution is -0.148. The molecule has 0 atom stereocenters. The zero-order chi connectivity index (χ0) is 31.2. The second kappa shape index (κ2) is 12.9. The van der Waals surface area contributed by atoms with Crippen molar-refractivity contribution in [2.75, 3.05) is 0 Å². The number of carboxylic acid groups (broad SMARTS) is 2. The van der Waals surface area contributed by atoms with Crippen LogP contribution in [0.25, 0.3) is 34.4 Å². The smallest absolute Gasteiger partial charge is 0.309 e. The average molecular weight is 575 g/mol. The Kier molecular flexibility index (Phi) is 9.73. The van der Waals surface area contributed by atoms with Crippen LogP contribution in [-0.2, 0) is 9.59 Å². The summed E-state index contributed by atoms with van der Waals surface area (Å²) in [7, 11) is 0. The first kappa shape index (κ1) is 31.8. The Balaban J connectivity index is 1.99. The first-order valence-corrected chi connectivity index (χ1v) is 13.7. The number of phenolic OH excluding ortho intramolecular Hbond substituents is 4. The highest BCUT2D eigenvalue weighted by Crippen LogP contribution is 2.45. The number of rotatable bonds is 12. The molecule has 0 saturated heterocycles. The second-order valence-electron chi connectivity index (χ2n) is 11.7. The van der Waals surface area contributed by atoms with Crippen LogP contribution < -0.4 is 0 Å². The zero-order valence-corrected chi connectivity index (χ0v) is 24.3. The van der Waals surface area contributed by atoms with Crippen molar-refractivity contribution in [3.63, 3.8) is 0 Å². The van der Waals surface area contributed by atoms with Gasteiger partial charge >= 0.3 is 11.9 Å². The highest BCUT2D eigenvalue weighted by molar-refractivity contribution is 5.91. The predicted molar refractivity (Wildman–Crippen MR) is 163 cm³/mol. The van der Waals surface area contributed by atoms with E-state index in [4.69, 9.17) is 0 Å². The molecule has 0 unspecified atom stereocenters. The van der Waals surface area contributed by atoms with Crippen molar-refractivity contribution < 1.29 is 40.2 Å². The number of carboxylic acids is 2. The molecule has 8 heteroatoms. The normalized spacial score (nSPS) is 12.3. The Labute approximate surface area is 245 Å².